The Hall–Kier alpha value is -0.920. The molecule has 0 aliphatic rings. The van der Waals surface area contributed by atoms with Gasteiger partial charge >= 0.3 is 0 Å². The third-order valence-electron chi connectivity index (χ3n) is 2.36. The van der Waals surface area contributed by atoms with E-state index in [1.165, 1.54) is 11.3 Å². The van der Waals surface area contributed by atoms with Crippen molar-refractivity contribution in [1.29, 1.82) is 0 Å². The predicted octanol–water partition coefficient (Wildman–Crippen LogP) is 1.78. The number of hydrogen-bond acceptors (Lipinski definition) is 4. The van der Waals surface area contributed by atoms with E-state index in [2.05, 4.69) is 26.6 Å². The minimum Gasteiger partial charge on any atom is -0.385 e. The lowest BCUT2D eigenvalue weighted by Crippen LogP contribution is -2.45. The summed E-state index contributed by atoms with van der Waals surface area (Å²) < 4.78 is 5.77. The number of methoxy groups -OCH3 is 1. The van der Waals surface area contributed by atoms with E-state index in [1.807, 2.05) is 0 Å². The van der Waals surface area contributed by atoms with Gasteiger partial charge in [-0.15, -0.1) is 11.3 Å². The maximum atomic E-state index is 11.8. The average Bonchev–Trinajstić information content (AvgIpc) is 2.81. The molecule has 106 valence electrons. The topological polar surface area (TPSA) is 67.4 Å². The number of thiophene rings is 1. The summed E-state index contributed by atoms with van der Waals surface area (Å²) in [6.45, 7) is 2.80. The Morgan fingerprint density at radius 3 is 2.79 bits per heavy atom. The molecule has 0 saturated carbocycles. The summed E-state index contributed by atoms with van der Waals surface area (Å²) >= 11 is 4.62. The molecular formula is C12H17BrN2O3S. The molecule has 2 amide bonds. The van der Waals surface area contributed by atoms with Gasteiger partial charge in [-0.2, -0.15) is 0 Å². The number of rotatable bonds is 7. The van der Waals surface area contributed by atoms with Gasteiger partial charge in [-0.3, -0.25) is 9.59 Å². The van der Waals surface area contributed by atoms with Crippen molar-refractivity contribution < 1.29 is 14.3 Å². The standard InChI is InChI=1S/C12H17BrN2O3S/c1-8(11(16)14-6-3-7-18-2)15-12(17)9-4-5-10(13)19-9/h4-5,8H,3,6-7H2,1-2H3,(H,14,16)(H,15,17)/t8-/m0/s1. The summed E-state index contributed by atoms with van der Waals surface area (Å²) in [6.07, 6.45) is 0.751. The number of nitrogens with one attached hydrogen (secondary N) is 2. The highest BCUT2D eigenvalue weighted by Crippen LogP contribution is 2.21. The summed E-state index contributed by atoms with van der Waals surface area (Å²) in [5.41, 5.74) is 0. The van der Waals surface area contributed by atoms with Crippen molar-refractivity contribution in [3.63, 3.8) is 0 Å². The van der Waals surface area contributed by atoms with Crippen molar-refractivity contribution in [3.05, 3.63) is 20.8 Å². The van der Waals surface area contributed by atoms with Crippen LogP contribution in [-0.2, 0) is 9.53 Å². The van der Waals surface area contributed by atoms with Crippen molar-refractivity contribution >= 4 is 39.1 Å². The monoisotopic (exact) mass is 348 g/mol. The van der Waals surface area contributed by atoms with Gasteiger partial charge < -0.3 is 15.4 Å². The molecule has 0 unspecified atom stereocenters. The fourth-order valence-electron chi connectivity index (χ4n) is 1.35. The molecule has 5 nitrogen and oxygen atoms in total. The van der Waals surface area contributed by atoms with Gasteiger partial charge in [0.25, 0.3) is 5.91 Å². The second-order valence-corrected chi connectivity index (χ2v) is 6.40. The first-order valence-corrected chi connectivity index (χ1v) is 7.48. The van der Waals surface area contributed by atoms with Crippen LogP contribution in [0.2, 0.25) is 0 Å². The molecule has 1 atom stereocenters. The summed E-state index contributed by atoms with van der Waals surface area (Å²) in [7, 11) is 1.61. The summed E-state index contributed by atoms with van der Waals surface area (Å²) in [5, 5.41) is 5.40. The van der Waals surface area contributed by atoms with Gasteiger partial charge in [0.05, 0.1) is 8.66 Å². The second kappa shape index (κ2) is 8.29. The minimum absolute atomic E-state index is 0.194. The largest absolute Gasteiger partial charge is 0.385 e. The summed E-state index contributed by atoms with van der Waals surface area (Å²) in [4.78, 5) is 24.1. The van der Waals surface area contributed by atoms with Crippen LogP contribution in [0.15, 0.2) is 15.9 Å². The van der Waals surface area contributed by atoms with Crippen LogP contribution in [0.1, 0.15) is 23.0 Å². The molecule has 1 heterocycles. The van der Waals surface area contributed by atoms with Gasteiger partial charge in [0.2, 0.25) is 5.91 Å². The van der Waals surface area contributed by atoms with Crippen molar-refractivity contribution in [2.45, 2.75) is 19.4 Å². The first-order chi connectivity index (χ1) is 9.04. The molecule has 1 aromatic rings. The molecule has 0 spiro atoms. The zero-order valence-corrected chi connectivity index (χ0v) is 13.3. The van der Waals surface area contributed by atoms with Crippen LogP contribution in [0.3, 0.4) is 0 Å². The highest BCUT2D eigenvalue weighted by molar-refractivity contribution is 9.11. The molecule has 2 N–H and O–H groups in total. The molecule has 0 aromatic carbocycles. The zero-order valence-electron chi connectivity index (χ0n) is 10.9. The zero-order chi connectivity index (χ0) is 14.3. The Kier molecular flexibility index (Phi) is 7.04. The molecule has 19 heavy (non-hydrogen) atoms. The first kappa shape index (κ1) is 16.1. The number of ether oxygens (including phenoxy) is 1. The Morgan fingerprint density at radius 2 is 2.21 bits per heavy atom. The lowest BCUT2D eigenvalue weighted by Gasteiger charge is -2.13. The van der Waals surface area contributed by atoms with Gasteiger partial charge in [-0.1, -0.05) is 0 Å². The molecule has 1 aromatic heterocycles. The Balaban J connectivity index is 2.35. The Bertz CT molecular complexity index is 436. The predicted molar refractivity (Wildman–Crippen MR) is 78.4 cm³/mol. The Morgan fingerprint density at radius 1 is 1.47 bits per heavy atom. The van der Waals surface area contributed by atoms with E-state index in [1.54, 1.807) is 26.2 Å². The van der Waals surface area contributed by atoms with E-state index in [0.717, 1.165) is 10.2 Å². The maximum Gasteiger partial charge on any atom is 0.262 e. The fourth-order valence-corrected chi connectivity index (χ4v) is 2.64. The van der Waals surface area contributed by atoms with Gasteiger partial charge in [-0.25, -0.2) is 0 Å². The number of carbonyl (C=O) groups excluding carboxylic acids is 2. The highest BCUT2D eigenvalue weighted by atomic mass is 79.9. The van der Waals surface area contributed by atoms with Crippen LogP contribution < -0.4 is 10.6 Å². The summed E-state index contributed by atoms with van der Waals surface area (Å²) in [5.74, 6) is -0.435. The van der Waals surface area contributed by atoms with E-state index in [0.29, 0.717) is 18.0 Å². The van der Waals surface area contributed by atoms with Gasteiger partial charge in [-0.05, 0) is 41.4 Å². The van der Waals surface area contributed by atoms with E-state index in [4.69, 9.17) is 4.74 Å². The lowest BCUT2D eigenvalue weighted by molar-refractivity contribution is -0.122. The quantitative estimate of drug-likeness (QED) is 0.738. The molecule has 0 radical (unpaired) electrons. The number of halogens is 1. The summed E-state index contributed by atoms with van der Waals surface area (Å²) in [6, 6.07) is 2.96. The van der Waals surface area contributed by atoms with Crippen molar-refractivity contribution in [2.75, 3.05) is 20.3 Å². The van der Waals surface area contributed by atoms with Crippen molar-refractivity contribution in [1.82, 2.24) is 10.6 Å². The first-order valence-electron chi connectivity index (χ1n) is 5.87. The van der Waals surface area contributed by atoms with E-state index in [-0.39, 0.29) is 11.8 Å². The lowest BCUT2D eigenvalue weighted by atomic mass is 10.3. The molecule has 0 fully saturated rings. The number of amides is 2. The highest BCUT2D eigenvalue weighted by Gasteiger charge is 2.17. The van der Waals surface area contributed by atoms with Crippen molar-refractivity contribution in [2.24, 2.45) is 0 Å². The number of carbonyl (C=O) groups is 2. The normalized spacial score (nSPS) is 11.9. The van der Waals surface area contributed by atoms with Crippen molar-refractivity contribution in [3.8, 4) is 0 Å². The molecule has 0 bridgehead atoms. The molecular weight excluding hydrogens is 332 g/mol. The van der Waals surface area contributed by atoms with Gasteiger partial charge in [0.1, 0.15) is 6.04 Å². The van der Waals surface area contributed by atoms with Gasteiger partial charge in [0.15, 0.2) is 0 Å². The number of hydrogen-bond donors (Lipinski definition) is 2. The molecule has 7 heteroatoms. The fraction of sp³-hybridized carbons (Fsp3) is 0.500. The molecule has 0 aliphatic carbocycles. The van der Waals surface area contributed by atoms with E-state index >= 15 is 0 Å². The van der Waals surface area contributed by atoms with Gasteiger partial charge in [0, 0.05) is 20.3 Å². The molecule has 0 aliphatic heterocycles. The van der Waals surface area contributed by atoms with Crippen LogP contribution in [0.5, 0.6) is 0 Å². The average molecular weight is 349 g/mol. The third kappa shape index (κ3) is 5.71. The third-order valence-corrected chi connectivity index (χ3v) is 3.98. The van der Waals surface area contributed by atoms with Crippen LogP contribution in [0, 0.1) is 0 Å². The minimum atomic E-state index is -0.559. The SMILES string of the molecule is COCCCNC(=O)[C@H](C)NC(=O)c1ccc(Br)s1. The van der Waals surface area contributed by atoms with Crippen LogP contribution in [0.4, 0.5) is 0 Å². The Labute approximate surface area is 124 Å². The van der Waals surface area contributed by atoms with E-state index in [9.17, 15) is 9.59 Å². The second-order valence-electron chi connectivity index (χ2n) is 3.94. The molecule has 0 saturated heterocycles. The van der Waals surface area contributed by atoms with Crippen LogP contribution in [-0.4, -0.2) is 38.1 Å². The van der Waals surface area contributed by atoms with E-state index < -0.39 is 6.04 Å². The van der Waals surface area contributed by atoms with Crippen LogP contribution in [0.25, 0.3) is 0 Å². The smallest absolute Gasteiger partial charge is 0.262 e. The maximum absolute atomic E-state index is 11.8. The van der Waals surface area contributed by atoms with Crippen LogP contribution >= 0.6 is 27.3 Å². The molecule has 1 rings (SSSR count).